The normalized spacial score (nSPS) is 9.69. The quantitative estimate of drug-likeness (QED) is 0.112. The van der Waals surface area contributed by atoms with Gasteiger partial charge in [-0.2, -0.15) is 5.06 Å². The van der Waals surface area contributed by atoms with Gasteiger partial charge in [-0.3, -0.25) is 0 Å². The number of halogens is 3. The zero-order chi connectivity index (χ0) is 21.7. The molecule has 0 aliphatic carbocycles. The molecular weight excluding hydrogens is 851 g/mol. The van der Waals surface area contributed by atoms with Crippen LogP contribution in [-0.2, 0) is 21.6 Å². The molecule has 0 saturated carbocycles. The molecule has 2 nitrogen and oxygen atoms in total. The Bertz CT molecular complexity index is 266. The fraction of sp³-hybridized carbons (Fsp3) is 0.941. The SMILES string of the molecule is C.C.C.C.C.C.C.C.C.C.C.C.C.C.C.CC.CCl.CI.CI.CON1C(C)(C)CCCC1(C)C.CSC(C)=S.[CH3-].[Co]. The number of hydrogen-bond donors (Lipinski definition) is 0. The molecule has 1 saturated heterocycles. The van der Waals surface area contributed by atoms with E-state index < -0.39 is 0 Å². The molecule has 0 amide bonds. The summed E-state index contributed by atoms with van der Waals surface area (Å²) in [5.74, 6) is 0. The molecule has 0 aromatic rings. The minimum absolute atomic E-state index is 0. The first-order valence-electron chi connectivity index (χ1n) is 8.20. The Morgan fingerprint density at radius 2 is 0.810 bits per heavy atom. The fourth-order valence-corrected chi connectivity index (χ4v) is 2.47. The molecule has 0 aromatic carbocycles. The predicted molar refractivity (Wildman–Crippen MR) is 253 cm³/mol. The summed E-state index contributed by atoms with van der Waals surface area (Å²) in [5.41, 5.74) is 0.382. The molecule has 8 heteroatoms. The second kappa shape index (κ2) is 121. The first-order valence-corrected chi connectivity index (χ1v) is 14.9. The monoisotopic (exact) mass is 955 g/mol. The summed E-state index contributed by atoms with van der Waals surface area (Å²) in [6.45, 7) is 14.9. The van der Waals surface area contributed by atoms with Crippen LogP contribution in [0.1, 0.15) is 179 Å². The van der Waals surface area contributed by atoms with Crippen molar-refractivity contribution in [1.29, 1.82) is 0 Å². The van der Waals surface area contributed by atoms with Crippen LogP contribution in [0.5, 0.6) is 0 Å². The molecule has 0 unspecified atom stereocenters. The molecule has 1 heterocycles. The van der Waals surface area contributed by atoms with Gasteiger partial charge in [0.15, 0.2) is 0 Å². The Kier molecular flexibility index (Phi) is 477. The number of thiocarbonyl (C=S) groups is 1. The molecule has 0 bridgehead atoms. The zero-order valence-electron chi connectivity index (χ0n) is 19.8. The molecule has 0 atom stereocenters. The van der Waals surface area contributed by atoms with Crippen LogP contribution in [0.2, 0.25) is 0 Å². The van der Waals surface area contributed by atoms with Crippen LogP contribution in [0, 0.1) is 7.43 Å². The van der Waals surface area contributed by atoms with Crippen molar-refractivity contribution in [2.75, 3.05) is 29.6 Å². The smallest absolute Gasteiger partial charge is 0.0575 e. The van der Waals surface area contributed by atoms with E-state index in [1.165, 1.54) is 25.6 Å². The molecule has 0 spiro atoms. The van der Waals surface area contributed by atoms with E-state index in [4.69, 9.17) is 4.84 Å². The summed E-state index contributed by atoms with van der Waals surface area (Å²) in [4.78, 5) is 9.40. The Morgan fingerprint density at radius 1 is 0.667 bits per heavy atom. The Labute approximate surface area is 335 Å². The molecule has 0 aromatic heterocycles. The van der Waals surface area contributed by atoms with Crippen LogP contribution in [0.4, 0.5) is 0 Å². The largest absolute Gasteiger partial charge is 0.358 e. The van der Waals surface area contributed by atoms with Crippen LogP contribution in [0.25, 0.3) is 0 Å². The van der Waals surface area contributed by atoms with Gasteiger partial charge in [0.2, 0.25) is 0 Å². The number of nitrogens with zero attached hydrogens (tertiary/aromatic N) is 1. The van der Waals surface area contributed by atoms with Crippen LogP contribution in [-0.4, -0.2) is 49.9 Å². The molecule has 1 fully saturated rings. The second-order valence-electron chi connectivity index (χ2n) is 5.65. The molecule has 1 aliphatic rings. The third-order valence-corrected chi connectivity index (χ3v) is 4.22. The second-order valence-corrected chi connectivity index (χ2v) is 7.54. The van der Waals surface area contributed by atoms with E-state index in [-0.39, 0.29) is 147 Å². The van der Waals surface area contributed by atoms with E-state index >= 15 is 0 Å². The van der Waals surface area contributed by atoms with Gasteiger partial charge in [-0.15, -0.1) is 23.4 Å². The third-order valence-electron chi connectivity index (χ3n) is 3.15. The first kappa shape index (κ1) is 166. The van der Waals surface area contributed by atoms with Gasteiger partial charge in [0.05, 0.1) is 7.11 Å². The van der Waals surface area contributed by atoms with Crippen molar-refractivity contribution in [2.45, 2.75) is 190 Å². The van der Waals surface area contributed by atoms with Gasteiger partial charge in [0.25, 0.3) is 0 Å². The van der Waals surface area contributed by atoms with Crippen LogP contribution in [0.3, 0.4) is 0 Å². The number of hydrogen-bond acceptors (Lipinski definition) is 4. The molecule has 1 rings (SSSR count). The number of hydroxylamine groups is 2. The van der Waals surface area contributed by atoms with Crippen molar-refractivity contribution in [3.8, 4) is 0 Å². The maximum absolute atomic E-state index is 5.46. The van der Waals surface area contributed by atoms with Crippen molar-refractivity contribution in [1.82, 2.24) is 5.06 Å². The van der Waals surface area contributed by atoms with E-state index in [0.717, 1.165) is 4.20 Å². The van der Waals surface area contributed by atoms with Gasteiger partial charge >= 0.3 is 0 Å². The molecule has 42 heavy (non-hydrogen) atoms. The van der Waals surface area contributed by atoms with Crippen molar-refractivity contribution >= 4 is 85.0 Å². The van der Waals surface area contributed by atoms with E-state index in [1.54, 1.807) is 18.9 Å². The fourth-order valence-electron chi connectivity index (χ4n) is 2.47. The van der Waals surface area contributed by atoms with Gasteiger partial charge in [-0.05, 0) is 70.0 Å². The van der Waals surface area contributed by atoms with Crippen molar-refractivity contribution in [3.05, 3.63) is 7.43 Å². The van der Waals surface area contributed by atoms with Crippen molar-refractivity contribution in [3.63, 3.8) is 0 Å². The van der Waals surface area contributed by atoms with Crippen molar-refractivity contribution in [2.24, 2.45) is 0 Å². The summed E-state index contributed by atoms with van der Waals surface area (Å²) in [7, 11) is 1.77. The van der Waals surface area contributed by atoms with Gasteiger partial charge in [-0.1, -0.05) is 183 Å². The molecular formula is C34H105ClCoI2NOS2-. The Hall–Kier alpha value is 2.62. The Morgan fingerprint density at radius 3 is 0.881 bits per heavy atom. The number of alkyl halides is 3. The van der Waals surface area contributed by atoms with Gasteiger partial charge < -0.3 is 12.3 Å². The van der Waals surface area contributed by atoms with E-state index in [0.29, 0.717) is 0 Å². The van der Waals surface area contributed by atoms with Gasteiger partial charge in [-0.25, -0.2) is 0 Å². The van der Waals surface area contributed by atoms with Crippen LogP contribution < -0.4 is 0 Å². The van der Waals surface area contributed by atoms with Gasteiger partial charge in [0.1, 0.15) is 0 Å². The zero-order valence-corrected chi connectivity index (χ0v) is 27.5. The minimum Gasteiger partial charge on any atom is -0.358 e. The van der Waals surface area contributed by atoms with Crippen LogP contribution >= 0.6 is 80.8 Å². The average Bonchev–Trinajstić information content (AvgIpc) is 2.61. The third kappa shape index (κ3) is 104. The molecule has 1 radical (unpaired) electrons. The van der Waals surface area contributed by atoms with E-state index in [2.05, 4.69) is 102 Å². The molecule has 0 N–H and O–H groups in total. The summed E-state index contributed by atoms with van der Waals surface area (Å²) < 4.78 is 1.00. The Balaban J connectivity index is -0.00000000608. The van der Waals surface area contributed by atoms with E-state index in [1.807, 2.05) is 36.9 Å². The summed E-state index contributed by atoms with van der Waals surface area (Å²) in [6, 6.07) is 0. The van der Waals surface area contributed by atoms with Crippen molar-refractivity contribution < 1.29 is 21.6 Å². The topological polar surface area (TPSA) is 12.5 Å². The minimum atomic E-state index is 0. The number of piperidine rings is 1. The summed E-state index contributed by atoms with van der Waals surface area (Å²) in [5, 5.41) is 2.14. The molecule has 1 aliphatic heterocycles. The summed E-state index contributed by atoms with van der Waals surface area (Å²) in [6.07, 6.45) is 7.21. The predicted octanol–water partition coefficient (Wildman–Crippen LogP) is 18.3. The number of thioether (sulfide) groups is 1. The number of rotatable bonds is 1. The van der Waals surface area contributed by atoms with Gasteiger partial charge in [0, 0.05) is 38.4 Å². The summed E-state index contributed by atoms with van der Waals surface area (Å²) >= 11 is 15.2. The maximum Gasteiger partial charge on any atom is 0.0575 e. The standard InChI is InChI=1S/C10H21NO.C3H6S2.C2H6.CH3Cl.2CH3I.15CH4.CH3.Co/c1-9(2)7-6-8-10(3,4)11(9)12-5;1-3(4)5-2;4*1-2;;;;;;;;;;;;;;;;;/h6-8H2,1-5H3;1-2H3;1-2H3;3*1H3;15*1H4;1H3;/q;;;;;;;;;;;;;;;;;;;;;-1;. The average molecular weight is 957 g/mol. The maximum atomic E-state index is 5.46. The van der Waals surface area contributed by atoms with Crippen LogP contribution in [0.15, 0.2) is 0 Å². The first-order chi connectivity index (χ1) is 11.7. The molecule has 295 valence electrons. The van der Waals surface area contributed by atoms with E-state index in [9.17, 15) is 0 Å².